The van der Waals surface area contributed by atoms with Crippen molar-refractivity contribution in [3.8, 4) is 0 Å². The number of nitrogen functional groups attached to an aromatic ring is 1. The van der Waals surface area contributed by atoms with Gasteiger partial charge in [0.15, 0.2) is 0 Å². The SMILES string of the molecule is Nc1snnc1CN1CCC(O)C1. The summed E-state index contributed by atoms with van der Waals surface area (Å²) in [4.78, 5) is 2.14. The Balaban J connectivity index is 1.95. The molecule has 0 aromatic carbocycles. The van der Waals surface area contributed by atoms with Gasteiger partial charge in [-0.05, 0) is 6.42 Å². The van der Waals surface area contributed by atoms with Gasteiger partial charge in [-0.25, -0.2) is 0 Å². The van der Waals surface area contributed by atoms with Crippen LogP contribution in [0.15, 0.2) is 0 Å². The molecule has 0 radical (unpaired) electrons. The van der Waals surface area contributed by atoms with Gasteiger partial charge in [-0.2, -0.15) is 0 Å². The Hall–Kier alpha value is -0.720. The van der Waals surface area contributed by atoms with E-state index in [9.17, 15) is 5.11 Å². The Morgan fingerprint density at radius 2 is 2.54 bits per heavy atom. The molecule has 0 spiro atoms. The summed E-state index contributed by atoms with van der Waals surface area (Å²) in [5.74, 6) is 0. The molecule has 5 nitrogen and oxygen atoms in total. The highest BCUT2D eigenvalue weighted by atomic mass is 32.1. The van der Waals surface area contributed by atoms with Crippen molar-refractivity contribution >= 4 is 16.5 Å². The van der Waals surface area contributed by atoms with Gasteiger partial charge < -0.3 is 10.8 Å². The van der Waals surface area contributed by atoms with E-state index in [1.54, 1.807) is 0 Å². The zero-order valence-electron chi connectivity index (χ0n) is 7.18. The number of nitrogens with zero attached hydrogens (tertiary/aromatic N) is 3. The van der Waals surface area contributed by atoms with Crippen LogP contribution < -0.4 is 5.73 Å². The Bertz CT molecular complexity index is 290. The second-order valence-electron chi connectivity index (χ2n) is 3.26. The minimum Gasteiger partial charge on any atom is -0.392 e. The van der Waals surface area contributed by atoms with Crippen molar-refractivity contribution in [2.24, 2.45) is 0 Å². The third-order valence-corrected chi connectivity index (χ3v) is 2.80. The number of hydrogen-bond acceptors (Lipinski definition) is 6. The van der Waals surface area contributed by atoms with Crippen molar-refractivity contribution in [2.75, 3.05) is 18.8 Å². The highest BCUT2D eigenvalue weighted by Gasteiger charge is 2.21. The van der Waals surface area contributed by atoms with E-state index in [0.29, 0.717) is 11.5 Å². The summed E-state index contributed by atoms with van der Waals surface area (Å²) in [5.41, 5.74) is 6.49. The Kier molecular flexibility index (Phi) is 2.43. The lowest BCUT2D eigenvalue weighted by Crippen LogP contribution is -2.22. The van der Waals surface area contributed by atoms with E-state index in [1.165, 1.54) is 11.5 Å². The van der Waals surface area contributed by atoms with Crippen LogP contribution in [0.1, 0.15) is 12.1 Å². The normalized spacial score (nSPS) is 23.9. The summed E-state index contributed by atoms with van der Waals surface area (Å²) < 4.78 is 3.76. The van der Waals surface area contributed by atoms with Crippen molar-refractivity contribution in [3.05, 3.63) is 5.69 Å². The molecule has 3 N–H and O–H groups in total. The van der Waals surface area contributed by atoms with Crippen LogP contribution in [0.5, 0.6) is 0 Å². The van der Waals surface area contributed by atoms with Gasteiger partial charge in [0, 0.05) is 31.2 Å². The highest BCUT2D eigenvalue weighted by molar-refractivity contribution is 7.09. The standard InChI is InChI=1S/C7H12N4OS/c8-7-6(9-10-13-7)4-11-2-1-5(12)3-11/h5,12H,1-4,8H2. The number of aromatic nitrogens is 2. The fourth-order valence-electron chi connectivity index (χ4n) is 1.49. The van der Waals surface area contributed by atoms with Gasteiger partial charge in [-0.3, -0.25) is 4.90 Å². The maximum Gasteiger partial charge on any atom is 0.132 e. The van der Waals surface area contributed by atoms with Crippen LogP contribution in [0.25, 0.3) is 0 Å². The van der Waals surface area contributed by atoms with E-state index in [1.807, 2.05) is 0 Å². The summed E-state index contributed by atoms with van der Waals surface area (Å²) >= 11 is 1.22. The van der Waals surface area contributed by atoms with E-state index in [4.69, 9.17) is 5.73 Å². The number of aliphatic hydroxyl groups excluding tert-OH is 1. The molecule has 13 heavy (non-hydrogen) atoms. The number of nitrogens with two attached hydrogens (primary N) is 1. The van der Waals surface area contributed by atoms with E-state index < -0.39 is 0 Å². The molecule has 0 aliphatic carbocycles. The smallest absolute Gasteiger partial charge is 0.132 e. The molecule has 72 valence electrons. The fraction of sp³-hybridized carbons (Fsp3) is 0.714. The van der Waals surface area contributed by atoms with Gasteiger partial charge in [0.05, 0.1) is 6.10 Å². The van der Waals surface area contributed by atoms with Gasteiger partial charge in [0.1, 0.15) is 10.7 Å². The number of anilines is 1. The lowest BCUT2D eigenvalue weighted by molar-refractivity contribution is 0.174. The van der Waals surface area contributed by atoms with Crippen LogP contribution in [0.3, 0.4) is 0 Å². The molecular formula is C7H12N4OS. The summed E-state index contributed by atoms with van der Waals surface area (Å²) in [7, 11) is 0. The predicted octanol–water partition coefficient (Wildman–Crippen LogP) is -0.313. The summed E-state index contributed by atoms with van der Waals surface area (Å²) in [6.07, 6.45) is 0.658. The number of rotatable bonds is 2. The van der Waals surface area contributed by atoms with E-state index in [-0.39, 0.29) is 6.10 Å². The van der Waals surface area contributed by atoms with E-state index in [0.717, 1.165) is 25.2 Å². The van der Waals surface area contributed by atoms with Crippen molar-refractivity contribution in [1.29, 1.82) is 0 Å². The minimum atomic E-state index is -0.187. The molecule has 0 amide bonds. The van der Waals surface area contributed by atoms with Gasteiger partial charge in [0.2, 0.25) is 0 Å². The second kappa shape index (κ2) is 3.57. The monoisotopic (exact) mass is 200 g/mol. The topological polar surface area (TPSA) is 75.3 Å². The van der Waals surface area contributed by atoms with Crippen LogP contribution in [0, 0.1) is 0 Å². The minimum absolute atomic E-state index is 0.187. The third kappa shape index (κ3) is 1.96. The average molecular weight is 200 g/mol. The maximum atomic E-state index is 9.29. The summed E-state index contributed by atoms with van der Waals surface area (Å²) in [6, 6.07) is 0. The van der Waals surface area contributed by atoms with Crippen LogP contribution in [0.2, 0.25) is 0 Å². The molecule has 1 unspecified atom stereocenters. The first-order valence-corrected chi connectivity index (χ1v) is 5.00. The zero-order valence-corrected chi connectivity index (χ0v) is 8.00. The average Bonchev–Trinajstić information content (AvgIpc) is 2.64. The molecule has 1 aliphatic rings. The largest absolute Gasteiger partial charge is 0.392 e. The third-order valence-electron chi connectivity index (χ3n) is 2.21. The molecule has 0 bridgehead atoms. The highest BCUT2D eigenvalue weighted by Crippen LogP contribution is 2.17. The van der Waals surface area contributed by atoms with E-state index in [2.05, 4.69) is 14.5 Å². The quantitative estimate of drug-likeness (QED) is 0.684. The van der Waals surface area contributed by atoms with Gasteiger partial charge in [0.25, 0.3) is 0 Å². The fourth-order valence-corrected chi connectivity index (χ4v) is 1.93. The molecule has 2 rings (SSSR count). The van der Waals surface area contributed by atoms with Gasteiger partial charge in [-0.15, -0.1) is 5.10 Å². The molecule has 1 aromatic rings. The number of β-amino-alcohol motifs (C(OH)–C–C–N with tert-alkyl or cyclic N) is 1. The van der Waals surface area contributed by atoms with Gasteiger partial charge >= 0.3 is 0 Å². The first kappa shape index (κ1) is 8.86. The molecule has 1 aliphatic heterocycles. The Morgan fingerprint density at radius 3 is 3.08 bits per heavy atom. The van der Waals surface area contributed by atoms with Crippen LogP contribution in [-0.2, 0) is 6.54 Å². The lowest BCUT2D eigenvalue weighted by Gasteiger charge is -2.12. The van der Waals surface area contributed by atoms with Crippen LogP contribution in [-0.4, -0.2) is 38.8 Å². The summed E-state index contributed by atoms with van der Waals surface area (Å²) in [6.45, 7) is 2.34. The summed E-state index contributed by atoms with van der Waals surface area (Å²) in [5, 5.41) is 13.9. The first-order chi connectivity index (χ1) is 6.25. The maximum absolute atomic E-state index is 9.29. The lowest BCUT2D eigenvalue weighted by atomic mass is 10.3. The first-order valence-electron chi connectivity index (χ1n) is 4.23. The van der Waals surface area contributed by atoms with Crippen LogP contribution in [0.4, 0.5) is 5.00 Å². The Morgan fingerprint density at radius 1 is 1.69 bits per heavy atom. The molecule has 0 saturated carbocycles. The van der Waals surface area contributed by atoms with Gasteiger partial charge in [-0.1, -0.05) is 4.49 Å². The second-order valence-corrected chi connectivity index (χ2v) is 4.05. The molecular weight excluding hydrogens is 188 g/mol. The molecule has 2 heterocycles. The molecule has 6 heteroatoms. The Labute approximate surface area is 80.3 Å². The number of hydrogen-bond donors (Lipinski definition) is 2. The molecule has 1 aromatic heterocycles. The molecule has 1 fully saturated rings. The zero-order chi connectivity index (χ0) is 9.26. The van der Waals surface area contributed by atoms with Crippen molar-refractivity contribution in [1.82, 2.24) is 14.5 Å². The molecule has 1 atom stereocenters. The molecule has 1 saturated heterocycles. The predicted molar refractivity (Wildman–Crippen MR) is 50.2 cm³/mol. The number of aliphatic hydroxyl groups is 1. The number of likely N-dealkylation sites (tertiary alicyclic amines) is 1. The van der Waals surface area contributed by atoms with Crippen LogP contribution >= 0.6 is 11.5 Å². The van der Waals surface area contributed by atoms with E-state index >= 15 is 0 Å². The van der Waals surface area contributed by atoms with Crippen molar-refractivity contribution in [2.45, 2.75) is 19.1 Å². The van der Waals surface area contributed by atoms with Crippen molar-refractivity contribution in [3.63, 3.8) is 0 Å². The van der Waals surface area contributed by atoms with Crippen molar-refractivity contribution < 1.29 is 5.11 Å².